The number of fused-ring (bicyclic) bond motifs is 1. The van der Waals surface area contributed by atoms with Gasteiger partial charge in [-0.2, -0.15) is 0 Å². The molecular formula is C18H18N2O2S. The van der Waals surface area contributed by atoms with E-state index in [2.05, 4.69) is 17.2 Å². The summed E-state index contributed by atoms with van der Waals surface area (Å²) in [5, 5.41) is 2.91. The first kappa shape index (κ1) is 15.5. The molecule has 0 unspecified atom stereocenters. The number of hydrogen-bond donors (Lipinski definition) is 2. The molecular weight excluding hydrogens is 308 g/mol. The molecule has 0 saturated heterocycles. The fraction of sp³-hybridized carbons (Fsp3) is 0.222. The summed E-state index contributed by atoms with van der Waals surface area (Å²) >= 11 is 1.63. The molecule has 2 aromatic heterocycles. The van der Waals surface area contributed by atoms with E-state index in [-0.39, 0.29) is 11.7 Å². The number of hydrogen-bond acceptors (Lipinski definition) is 3. The Labute approximate surface area is 138 Å². The average molecular weight is 326 g/mol. The number of H-pyrrole nitrogens is 1. The van der Waals surface area contributed by atoms with Crippen LogP contribution in [0.1, 0.15) is 43.8 Å². The van der Waals surface area contributed by atoms with Crippen molar-refractivity contribution in [3.8, 4) is 0 Å². The Morgan fingerprint density at radius 3 is 2.35 bits per heavy atom. The van der Waals surface area contributed by atoms with E-state index in [1.165, 1.54) is 12.5 Å². The number of thiophene rings is 1. The number of benzene rings is 1. The molecule has 0 radical (unpaired) electrons. The Hall–Kier alpha value is -2.40. The van der Waals surface area contributed by atoms with Gasteiger partial charge in [-0.25, -0.2) is 0 Å². The van der Waals surface area contributed by atoms with Crippen LogP contribution in [-0.2, 0) is 0 Å². The molecule has 4 nitrogen and oxygen atoms in total. The highest BCUT2D eigenvalue weighted by Crippen LogP contribution is 2.34. The molecule has 3 aromatic rings. The topological polar surface area (TPSA) is 62.0 Å². The second-order valence-electron chi connectivity index (χ2n) is 5.70. The molecule has 2 heterocycles. The summed E-state index contributed by atoms with van der Waals surface area (Å²) in [5.41, 5.74) is 5.19. The van der Waals surface area contributed by atoms with E-state index in [0.717, 1.165) is 20.8 Å². The van der Waals surface area contributed by atoms with Crippen molar-refractivity contribution in [1.29, 1.82) is 0 Å². The summed E-state index contributed by atoms with van der Waals surface area (Å²) in [6, 6.07) is 6.94. The normalized spacial score (nSPS) is 11.0. The van der Waals surface area contributed by atoms with Gasteiger partial charge in [-0.3, -0.25) is 9.59 Å². The van der Waals surface area contributed by atoms with Crippen LogP contribution in [0.3, 0.4) is 0 Å². The summed E-state index contributed by atoms with van der Waals surface area (Å²) in [5.74, 6) is -0.124. The Bertz CT molecular complexity index is 917. The third-order valence-corrected chi connectivity index (χ3v) is 5.30. The van der Waals surface area contributed by atoms with Crippen LogP contribution >= 0.6 is 11.3 Å². The van der Waals surface area contributed by atoms with E-state index < -0.39 is 0 Å². The van der Waals surface area contributed by atoms with Gasteiger partial charge in [0.05, 0.1) is 15.8 Å². The standard InChI is InChI=1S/C18H18N2O2S/c1-9-10(2)19-16-15(12(4)23-17(9)16)18(22)20-14-7-5-13(6-8-14)11(3)21/h5-8,19H,1-4H3,(H,20,22). The van der Waals surface area contributed by atoms with Crippen LogP contribution in [0.25, 0.3) is 10.2 Å². The third kappa shape index (κ3) is 2.68. The lowest BCUT2D eigenvalue weighted by Crippen LogP contribution is -2.12. The number of ketones is 1. The number of aromatic nitrogens is 1. The van der Waals surface area contributed by atoms with Crippen LogP contribution in [0.5, 0.6) is 0 Å². The van der Waals surface area contributed by atoms with Gasteiger partial charge in [-0.1, -0.05) is 0 Å². The van der Waals surface area contributed by atoms with E-state index in [1.807, 2.05) is 13.8 Å². The summed E-state index contributed by atoms with van der Waals surface area (Å²) in [6.45, 7) is 7.56. The minimum Gasteiger partial charge on any atom is -0.357 e. The molecule has 3 rings (SSSR count). The molecule has 118 valence electrons. The highest BCUT2D eigenvalue weighted by molar-refractivity contribution is 7.19. The first-order chi connectivity index (χ1) is 10.9. The van der Waals surface area contributed by atoms with E-state index in [0.29, 0.717) is 16.8 Å². The van der Waals surface area contributed by atoms with Crippen LogP contribution in [0.15, 0.2) is 24.3 Å². The average Bonchev–Trinajstić information content (AvgIpc) is 2.95. The molecule has 23 heavy (non-hydrogen) atoms. The number of nitrogens with one attached hydrogen (secondary N) is 2. The molecule has 0 atom stereocenters. The zero-order valence-electron chi connectivity index (χ0n) is 13.5. The lowest BCUT2D eigenvalue weighted by molar-refractivity contribution is 0.101. The minimum absolute atomic E-state index is 0.00981. The predicted molar refractivity (Wildman–Crippen MR) is 94.8 cm³/mol. The van der Waals surface area contributed by atoms with E-state index >= 15 is 0 Å². The van der Waals surface area contributed by atoms with Crippen molar-refractivity contribution in [3.05, 3.63) is 51.5 Å². The van der Waals surface area contributed by atoms with Gasteiger partial charge in [-0.05, 0) is 57.5 Å². The molecule has 2 N–H and O–H groups in total. The smallest absolute Gasteiger partial charge is 0.258 e. The fourth-order valence-electron chi connectivity index (χ4n) is 2.63. The van der Waals surface area contributed by atoms with E-state index in [9.17, 15) is 9.59 Å². The number of carbonyl (C=O) groups is 2. The van der Waals surface area contributed by atoms with Gasteiger partial charge in [-0.15, -0.1) is 11.3 Å². The number of anilines is 1. The van der Waals surface area contributed by atoms with Crippen LogP contribution in [0.2, 0.25) is 0 Å². The van der Waals surface area contributed by atoms with Crippen molar-refractivity contribution in [1.82, 2.24) is 4.98 Å². The summed E-state index contributed by atoms with van der Waals surface area (Å²) in [7, 11) is 0. The van der Waals surface area contributed by atoms with Crippen molar-refractivity contribution in [2.24, 2.45) is 0 Å². The van der Waals surface area contributed by atoms with Crippen molar-refractivity contribution >= 4 is 38.9 Å². The zero-order chi connectivity index (χ0) is 16.7. The molecule has 1 aromatic carbocycles. The van der Waals surface area contributed by atoms with Gasteiger partial charge in [0.2, 0.25) is 0 Å². The van der Waals surface area contributed by atoms with Gasteiger partial charge in [0, 0.05) is 21.8 Å². The Kier molecular flexibility index (Phi) is 3.82. The Balaban J connectivity index is 1.93. The number of carbonyl (C=O) groups excluding carboxylic acids is 2. The van der Waals surface area contributed by atoms with Crippen LogP contribution in [0, 0.1) is 20.8 Å². The molecule has 5 heteroatoms. The number of Topliss-reactive ketones (excluding diaryl/α,β-unsaturated/α-hetero) is 1. The molecule has 0 aliphatic heterocycles. The Morgan fingerprint density at radius 1 is 1.09 bits per heavy atom. The van der Waals surface area contributed by atoms with Crippen molar-refractivity contribution in [2.75, 3.05) is 5.32 Å². The maximum Gasteiger partial charge on any atom is 0.258 e. The van der Waals surface area contributed by atoms with E-state index in [1.54, 1.807) is 35.6 Å². The second-order valence-corrected chi connectivity index (χ2v) is 6.92. The number of rotatable bonds is 3. The fourth-order valence-corrected chi connectivity index (χ4v) is 3.80. The van der Waals surface area contributed by atoms with Crippen LogP contribution in [0.4, 0.5) is 5.69 Å². The second kappa shape index (κ2) is 5.66. The number of aryl methyl sites for hydroxylation is 3. The minimum atomic E-state index is -0.134. The highest BCUT2D eigenvalue weighted by atomic mass is 32.1. The van der Waals surface area contributed by atoms with Crippen molar-refractivity contribution in [2.45, 2.75) is 27.7 Å². The molecule has 0 saturated carbocycles. The van der Waals surface area contributed by atoms with Gasteiger partial charge in [0.25, 0.3) is 5.91 Å². The first-order valence-electron chi connectivity index (χ1n) is 7.39. The summed E-state index contributed by atoms with van der Waals surface area (Å²) in [6.07, 6.45) is 0. The predicted octanol–water partition coefficient (Wildman–Crippen LogP) is 4.61. The largest absolute Gasteiger partial charge is 0.357 e. The monoisotopic (exact) mass is 326 g/mol. The summed E-state index contributed by atoms with van der Waals surface area (Å²) in [4.78, 5) is 28.3. The molecule has 0 spiro atoms. The van der Waals surface area contributed by atoms with Gasteiger partial charge in [0.15, 0.2) is 5.78 Å². The van der Waals surface area contributed by atoms with E-state index in [4.69, 9.17) is 0 Å². The maximum atomic E-state index is 12.7. The lowest BCUT2D eigenvalue weighted by atomic mass is 10.1. The number of aromatic amines is 1. The quantitative estimate of drug-likeness (QED) is 0.690. The van der Waals surface area contributed by atoms with Crippen LogP contribution < -0.4 is 5.32 Å². The zero-order valence-corrected chi connectivity index (χ0v) is 14.4. The lowest BCUT2D eigenvalue weighted by Gasteiger charge is -2.06. The molecule has 1 amide bonds. The van der Waals surface area contributed by atoms with Crippen LogP contribution in [-0.4, -0.2) is 16.7 Å². The Morgan fingerprint density at radius 2 is 1.74 bits per heavy atom. The van der Waals surface area contributed by atoms with Crippen molar-refractivity contribution in [3.63, 3.8) is 0 Å². The SMILES string of the molecule is CC(=O)c1ccc(NC(=O)c2c(C)sc3c(C)c(C)[nH]c23)cc1. The van der Waals surface area contributed by atoms with Gasteiger partial charge >= 0.3 is 0 Å². The maximum absolute atomic E-state index is 12.7. The molecule has 0 fully saturated rings. The summed E-state index contributed by atoms with van der Waals surface area (Å²) < 4.78 is 1.14. The molecule has 0 bridgehead atoms. The highest BCUT2D eigenvalue weighted by Gasteiger charge is 2.20. The molecule has 0 aliphatic rings. The third-order valence-electron chi connectivity index (χ3n) is 4.08. The van der Waals surface area contributed by atoms with Crippen molar-refractivity contribution < 1.29 is 9.59 Å². The number of amides is 1. The molecule has 0 aliphatic carbocycles. The van der Waals surface area contributed by atoms with Gasteiger partial charge < -0.3 is 10.3 Å². The first-order valence-corrected chi connectivity index (χ1v) is 8.20. The van der Waals surface area contributed by atoms with Gasteiger partial charge in [0.1, 0.15) is 0 Å².